The van der Waals surface area contributed by atoms with E-state index in [1.165, 1.54) is 0 Å². The van der Waals surface area contributed by atoms with Gasteiger partial charge in [0.1, 0.15) is 0 Å². The highest BCUT2D eigenvalue weighted by Gasteiger charge is 2.09. The second-order valence-corrected chi connectivity index (χ2v) is 4.01. The van der Waals surface area contributed by atoms with Gasteiger partial charge in [-0.3, -0.25) is 5.32 Å². The maximum absolute atomic E-state index is 5.93. The summed E-state index contributed by atoms with van der Waals surface area (Å²) in [6, 6.07) is 8.18. The van der Waals surface area contributed by atoms with Gasteiger partial charge in [-0.15, -0.1) is 6.42 Å². The van der Waals surface area contributed by atoms with Crippen LogP contribution in [0.15, 0.2) is 24.3 Å². The summed E-state index contributed by atoms with van der Waals surface area (Å²) in [4.78, 5) is 0. The predicted molar refractivity (Wildman–Crippen MR) is 65.9 cm³/mol. The van der Waals surface area contributed by atoms with Crippen molar-refractivity contribution in [3.8, 4) is 12.3 Å². The molecule has 1 N–H and O–H groups in total. The summed E-state index contributed by atoms with van der Waals surface area (Å²) >= 11 is 5.93. The number of hydrogen-bond acceptors (Lipinski definition) is 1. The van der Waals surface area contributed by atoms with Crippen LogP contribution in [0.25, 0.3) is 0 Å². The van der Waals surface area contributed by atoms with Crippen LogP contribution in [-0.2, 0) is 0 Å². The second kappa shape index (κ2) is 5.80. The molecule has 0 saturated carbocycles. The van der Waals surface area contributed by atoms with E-state index in [0.29, 0.717) is 0 Å². The third-order valence-corrected chi connectivity index (χ3v) is 2.64. The van der Waals surface area contributed by atoms with E-state index in [9.17, 15) is 0 Å². The van der Waals surface area contributed by atoms with Crippen molar-refractivity contribution in [2.45, 2.75) is 32.4 Å². The molecular formula is C13H16ClN. The van der Waals surface area contributed by atoms with Crippen molar-refractivity contribution in [1.82, 2.24) is 5.32 Å². The summed E-state index contributed by atoms with van der Waals surface area (Å²) in [5, 5.41) is 4.12. The molecule has 0 aromatic heterocycles. The normalized spacial score (nSPS) is 14.3. The summed E-state index contributed by atoms with van der Waals surface area (Å²) in [5.74, 6) is 2.72. The minimum absolute atomic E-state index is 0.124. The van der Waals surface area contributed by atoms with Gasteiger partial charge in [-0.25, -0.2) is 0 Å². The fourth-order valence-corrected chi connectivity index (χ4v) is 1.66. The first kappa shape index (κ1) is 12.1. The lowest BCUT2D eigenvalue weighted by Gasteiger charge is -2.18. The molecule has 2 atom stereocenters. The topological polar surface area (TPSA) is 12.0 Å². The van der Waals surface area contributed by atoms with Crippen LogP contribution in [0.3, 0.4) is 0 Å². The third kappa shape index (κ3) is 3.58. The highest BCUT2D eigenvalue weighted by atomic mass is 35.5. The van der Waals surface area contributed by atoms with Gasteiger partial charge in [-0.2, -0.15) is 0 Å². The van der Waals surface area contributed by atoms with Gasteiger partial charge in [0.25, 0.3) is 0 Å². The minimum Gasteiger partial charge on any atom is -0.297 e. The van der Waals surface area contributed by atoms with Gasteiger partial charge in [-0.1, -0.05) is 36.6 Å². The summed E-state index contributed by atoms with van der Waals surface area (Å²) < 4.78 is 0. The van der Waals surface area contributed by atoms with Gasteiger partial charge in [-0.05, 0) is 31.0 Å². The summed E-state index contributed by atoms with van der Waals surface area (Å²) in [6.45, 7) is 4.16. The molecule has 0 aliphatic carbocycles. The molecule has 15 heavy (non-hydrogen) atoms. The third-order valence-electron chi connectivity index (χ3n) is 2.41. The van der Waals surface area contributed by atoms with Gasteiger partial charge in [0.05, 0.1) is 6.04 Å². The zero-order valence-corrected chi connectivity index (χ0v) is 9.88. The lowest BCUT2D eigenvalue weighted by molar-refractivity contribution is 0.512. The lowest BCUT2D eigenvalue weighted by atomic mass is 10.1. The van der Waals surface area contributed by atoms with Crippen LogP contribution >= 0.6 is 11.6 Å². The largest absolute Gasteiger partial charge is 0.297 e. The molecule has 1 nitrogen and oxygen atoms in total. The van der Waals surface area contributed by atoms with Crippen molar-refractivity contribution >= 4 is 11.6 Å². The molecule has 0 bridgehead atoms. The fourth-order valence-electron chi connectivity index (χ4n) is 1.46. The number of benzene rings is 1. The molecule has 0 saturated heterocycles. The molecule has 0 amide bonds. The second-order valence-electron chi connectivity index (χ2n) is 3.57. The van der Waals surface area contributed by atoms with Crippen LogP contribution in [-0.4, -0.2) is 6.04 Å². The smallest absolute Gasteiger partial charge is 0.0688 e. The molecule has 1 aromatic carbocycles. The Morgan fingerprint density at radius 2 is 2.27 bits per heavy atom. The molecule has 2 heteroatoms. The number of hydrogen-bond donors (Lipinski definition) is 1. The molecule has 0 radical (unpaired) electrons. The molecule has 0 spiro atoms. The highest BCUT2D eigenvalue weighted by Crippen LogP contribution is 2.17. The van der Waals surface area contributed by atoms with Crippen LogP contribution in [0.4, 0.5) is 0 Å². The molecule has 0 aliphatic rings. The van der Waals surface area contributed by atoms with Crippen molar-refractivity contribution in [1.29, 1.82) is 0 Å². The summed E-state index contributed by atoms with van der Waals surface area (Å²) in [7, 11) is 0. The number of nitrogens with one attached hydrogen (secondary N) is 1. The van der Waals surface area contributed by atoms with E-state index < -0.39 is 0 Å². The van der Waals surface area contributed by atoms with Crippen molar-refractivity contribution in [3.05, 3.63) is 34.9 Å². The van der Waals surface area contributed by atoms with Gasteiger partial charge in [0.2, 0.25) is 0 Å². The number of rotatable bonds is 4. The van der Waals surface area contributed by atoms with Gasteiger partial charge < -0.3 is 0 Å². The summed E-state index contributed by atoms with van der Waals surface area (Å²) in [6.07, 6.45) is 6.33. The zero-order valence-electron chi connectivity index (χ0n) is 9.13. The molecule has 0 fully saturated rings. The Bertz CT molecular complexity index is 354. The lowest BCUT2D eigenvalue weighted by Crippen LogP contribution is -2.29. The van der Waals surface area contributed by atoms with E-state index in [1.54, 1.807) is 0 Å². The van der Waals surface area contributed by atoms with E-state index in [-0.39, 0.29) is 12.1 Å². The number of halogens is 1. The monoisotopic (exact) mass is 221 g/mol. The van der Waals surface area contributed by atoms with E-state index in [2.05, 4.69) is 25.1 Å². The zero-order chi connectivity index (χ0) is 11.3. The molecule has 80 valence electrons. The van der Waals surface area contributed by atoms with Crippen molar-refractivity contribution in [2.24, 2.45) is 0 Å². The highest BCUT2D eigenvalue weighted by molar-refractivity contribution is 6.30. The molecular weight excluding hydrogens is 206 g/mol. The maximum atomic E-state index is 5.93. The molecule has 0 aliphatic heterocycles. The summed E-state index contributed by atoms with van der Waals surface area (Å²) in [5.41, 5.74) is 1.16. The van der Waals surface area contributed by atoms with Crippen molar-refractivity contribution in [3.63, 3.8) is 0 Å². The van der Waals surface area contributed by atoms with Crippen LogP contribution < -0.4 is 5.32 Å². The molecule has 1 aromatic rings. The van der Waals surface area contributed by atoms with Crippen LogP contribution in [0.2, 0.25) is 5.02 Å². The maximum Gasteiger partial charge on any atom is 0.0688 e. The first-order valence-corrected chi connectivity index (χ1v) is 5.52. The Balaban J connectivity index is 2.69. The van der Waals surface area contributed by atoms with Gasteiger partial charge >= 0.3 is 0 Å². The molecule has 1 rings (SSSR count). The first-order valence-electron chi connectivity index (χ1n) is 5.15. The predicted octanol–water partition coefficient (Wildman–Crippen LogP) is 3.40. The SMILES string of the molecule is C#CC(CC)N[C@@H](C)c1cccc(Cl)c1. The van der Waals surface area contributed by atoms with E-state index in [4.69, 9.17) is 18.0 Å². The molecule has 1 unspecified atom stereocenters. The Morgan fingerprint density at radius 3 is 2.80 bits per heavy atom. The van der Waals surface area contributed by atoms with E-state index in [1.807, 2.05) is 24.3 Å². The van der Waals surface area contributed by atoms with Crippen LogP contribution in [0.5, 0.6) is 0 Å². The first-order chi connectivity index (χ1) is 7.17. The Kier molecular flexibility index (Phi) is 4.68. The average Bonchev–Trinajstić information content (AvgIpc) is 2.25. The Labute approximate surface area is 96.8 Å². The standard InChI is InChI=1S/C13H16ClN/c1-4-13(5-2)15-10(3)11-7-6-8-12(14)9-11/h1,6-10,13,15H,5H2,2-3H3/t10-,13?/m0/s1. The Morgan fingerprint density at radius 1 is 1.53 bits per heavy atom. The van der Waals surface area contributed by atoms with Gasteiger partial charge in [0, 0.05) is 11.1 Å². The quantitative estimate of drug-likeness (QED) is 0.769. The average molecular weight is 222 g/mol. The van der Waals surface area contributed by atoms with E-state index >= 15 is 0 Å². The fraction of sp³-hybridized carbons (Fsp3) is 0.385. The van der Waals surface area contributed by atoms with Crippen LogP contribution in [0, 0.1) is 12.3 Å². The Hall–Kier alpha value is -0.970. The van der Waals surface area contributed by atoms with E-state index in [0.717, 1.165) is 17.0 Å². The van der Waals surface area contributed by atoms with Crippen molar-refractivity contribution in [2.75, 3.05) is 0 Å². The number of terminal acetylenes is 1. The van der Waals surface area contributed by atoms with Crippen molar-refractivity contribution < 1.29 is 0 Å². The molecule has 0 heterocycles. The van der Waals surface area contributed by atoms with Crippen LogP contribution in [0.1, 0.15) is 31.9 Å². The van der Waals surface area contributed by atoms with Gasteiger partial charge in [0.15, 0.2) is 0 Å². The minimum atomic E-state index is 0.124.